The number of nitrogens with zero attached hydrogens (tertiary/aromatic N) is 1. The maximum absolute atomic E-state index is 13.4. The Balaban J connectivity index is 1.75. The molecule has 4 aromatic rings. The average Bonchev–Trinajstić information content (AvgIpc) is 3.21. The van der Waals surface area contributed by atoms with Crippen molar-refractivity contribution >= 4 is 28.6 Å². The Morgan fingerprint density at radius 2 is 1.62 bits per heavy atom. The van der Waals surface area contributed by atoms with Crippen LogP contribution in [0.5, 0.6) is 0 Å². The first-order valence-electron chi connectivity index (χ1n) is 10.7. The highest BCUT2D eigenvalue weighted by molar-refractivity contribution is 6.02. The number of fused-ring (bicyclic) bond motifs is 1. The zero-order valence-electron chi connectivity index (χ0n) is 18.4. The second-order valence-corrected chi connectivity index (χ2v) is 7.98. The highest BCUT2D eigenvalue weighted by atomic mass is 16.3. The number of nitrogen functional groups attached to an aromatic ring is 1. The third-order valence-electron chi connectivity index (χ3n) is 5.72. The van der Waals surface area contributed by atoms with Crippen molar-refractivity contribution in [2.45, 2.75) is 12.6 Å². The van der Waals surface area contributed by atoms with Gasteiger partial charge in [-0.1, -0.05) is 54.6 Å². The quantitative estimate of drug-likeness (QED) is 0.205. The van der Waals surface area contributed by atoms with E-state index >= 15 is 0 Å². The summed E-state index contributed by atoms with van der Waals surface area (Å²) in [5.74, 6) is -0.937. The van der Waals surface area contributed by atoms with Crippen LogP contribution < -0.4 is 16.8 Å². The third-order valence-corrected chi connectivity index (χ3v) is 5.72. The minimum Gasteiger partial charge on any atom is -0.394 e. The molecule has 0 fully saturated rings. The number of benzene rings is 3. The maximum Gasteiger partial charge on any atom is 0.268 e. The first kappa shape index (κ1) is 22.8. The van der Waals surface area contributed by atoms with Gasteiger partial charge in [-0.3, -0.25) is 15.0 Å². The van der Waals surface area contributed by atoms with Crippen molar-refractivity contribution in [2.75, 3.05) is 6.61 Å². The molecule has 0 aliphatic rings. The summed E-state index contributed by atoms with van der Waals surface area (Å²) in [5, 5.41) is 21.4. The Labute approximate surface area is 196 Å². The van der Waals surface area contributed by atoms with Crippen molar-refractivity contribution in [2.24, 2.45) is 11.5 Å². The van der Waals surface area contributed by atoms with Crippen molar-refractivity contribution < 1.29 is 14.7 Å². The normalized spacial score (nSPS) is 11.8. The molecule has 0 spiro atoms. The lowest BCUT2D eigenvalue weighted by Crippen LogP contribution is -2.32. The molecule has 0 saturated carbocycles. The average molecular weight is 456 g/mol. The largest absolute Gasteiger partial charge is 0.394 e. The molecule has 1 heterocycles. The predicted molar refractivity (Wildman–Crippen MR) is 131 cm³/mol. The van der Waals surface area contributed by atoms with Gasteiger partial charge in [0.15, 0.2) is 0 Å². The second kappa shape index (κ2) is 9.60. The summed E-state index contributed by atoms with van der Waals surface area (Å²) >= 11 is 0. The van der Waals surface area contributed by atoms with Gasteiger partial charge in [0.1, 0.15) is 11.5 Å². The summed E-state index contributed by atoms with van der Waals surface area (Å²) in [5.41, 5.74) is 14.7. The van der Waals surface area contributed by atoms with Gasteiger partial charge >= 0.3 is 0 Å². The van der Waals surface area contributed by atoms with E-state index in [1.807, 2.05) is 41.0 Å². The van der Waals surface area contributed by atoms with Crippen molar-refractivity contribution in [1.29, 1.82) is 5.41 Å². The van der Waals surface area contributed by atoms with E-state index in [2.05, 4.69) is 5.32 Å². The molecule has 0 unspecified atom stereocenters. The first-order chi connectivity index (χ1) is 16.4. The van der Waals surface area contributed by atoms with E-state index in [9.17, 15) is 14.7 Å². The van der Waals surface area contributed by atoms with Gasteiger partial charge in [-0.05, 0) is 35.4 Å². The van der Waals surface area contributed by atoms with Gasteiger partial charge in [0, 0.05) is 28.6 Å². The predicted octanol–water partition coefficient (Wildman–Crippen LogP) is 2.54. The number of amides is 2. The number of amidine groups is 1. The fourth-order valence-electron chi connectivity index (χ4n) is 3.89. The van der Waals surface area contributed by atoms with Crippen molar-refractivity contribution in [3.05, 3.63) is 107 Å². The summed E-state index contributed by atoms with van der Waals surface area (Å²) in [7, 11) is 0. The zero-order valence-corrected chi connectivity index (χ0v) is 18.4. The topological polar surface area (TPSA) is 147 Å². The minimum atomic E-state index is -0.567. The van der Waals surface area contributed by atoms with Gasteiger partial charge in [0.05, 0.1) is 12.6 Å². The molecule has 4 rings (SSSR count). The number of nitrogens with two attached hydrogens (primary N) is 2. The standard InChI is InChI=1S/C26H25N5O3/c27-24(28)20-11-10-19-12-23(26(34)30-21(15-32)17-4-2-1-3-5-17)31(22(19)13-20)14-16-6-8-18(9-7-16)25(29)33/h1-13,21,32H,14-15H2,(H3,27,28)(H2,29,33)(H,30,34)/t21-/m0/s1. The lowest BCUT2D eigenvalue weighted by Gasteiger charge is -2.18. The zero-order chi connectivity index (χ0) is 24.2. The molecule has 0 bridgehead atoms. The van der Waals surface area contributed by atoms with Crippen LogP contribution in [-0.4, -0.2) is 33.9 Å². The van der Waals surface area contributed by atoms with Crippen LogP contribution in [0.4, 0.5) is 0 Å². The molecule has 1 atom stereocenters. The summed E-state index contributed by atoms with van der Waals surface area (Å²) in [6.45, 7) is 0.0842. The molecule has 34 heavy (non-hydrogen) atoms. The minimum absolute atomic E-state index is 0.0733. The van der Waals surface area contributed by atoms with Gasteiger partial charge < -0.3 is 26.5 Å². The molecule has 1 aromatic heterocycles. The number of nitrogens with one attached hydrogen (secondary N) is 2. The van der Waals surface area contributed by atoms with Gasteiger partial charge in [-0.25, -0.2) is 0 Å². The van der Waals surface area contributed by atoms with Crippen LogP contribution in [0.25, 0.3) is 10.9 Å². The van der Waals surface area contributed by atoms with E-state index in [0.29, 0.717) is 23.4 Å². The lowest BCUT2D eigenvalue weighted by atomic mass is 10.1. The van der Waals surface area contributed by atoms with Crippen molar-refractivity contribution in [1.82, 2.24) is 9.88 Å². The number of carbonyl (C=O) groups excluding carboxylic acids is 2. The molecule has 8 nitrogen and oxygen atoms in total. The van der Waals surface area contributed by atoms with Crippen LogP contribution in [-0.2, 0) is 6.54 Å². The molecule has 172 valence electrons. The number of carbonyl (C=O) groups is 2. The number of aromatic nitrogens is 1. The van der Waals surface area contributed by atoms with Gasteiger partial charge in [0.25, 0.3) is 5.91 Å². The van der Waals surface area contributed by atoms with Crippen LogP contribution >= 0.6 is 0 Å². The van der Waals surface area contributed by atoms with Crippen LogP contribution in [0.3, 0.4) is 0 Å². The summed E-state index contributed by atoms with van der Waals surface area (Å²) in [4.78, 5) is 24.8. The van der Waals surface area contributed by atoms with Crippen LogP contribution in [0.2, 0.25) is 0 Å². The van der Waals surface area contributed by atoms with Crippen molar-refractivity contribution in [3.63, 3.8) is 0 Å². The number of rotatable bonds is 8. The molecule has 0 aliphatic carbocycles. The molecule has 3 aromatic carbocycles. The fourth-order valence-corrected chi connectivity index (χ4v) is 3.89. The summed E-state index contributed by atoms with van der Waals surface area (Å²) in [6, 6.07) is 22.6. The van der Waals surface area contributed by atoms with Crippen LogP contribution in [0.15, 0.2) is 78.9 Å². The number of primary amides is 1. The number of aliphatic hydroxyl groups excluding tert-OH is 1. The SMILES string of the molecule is N=C(N)c1ccc2cc(C(=O)N[C@@H](CO)c3ccccc3)n(Cc3ccc(C(N)=O)cc3)c2c1. The monoisotopic (exact) mass is 455 g/mol. The third kappa shape index (κ3) is 4.67. The number of hydrogen-bond donors (Lipinski definition) is 5. The molecule has 7 N–H and O–H groups in total. The Morgan fingerprint density at radius 1 is 0.941 bits per heavy atom. The van der Waals surface area contributed by atoms with Gasteiger partial charge in [-0.2, -0.15) is 0 Å². The summed E-state index contributed by atoms with van der Waals surface area (Å²) < 4.78 is 1.83. The Morgan fingerprint density at radius 3 is 2.24 bits per heavy atom. The Kier molecular flexibility index (Phi) is 6.42. The molecule has 2 amide bonds. The highest BCUT2D eigenvalue weighted by Crippen LogP contribution is 2.24. The second-order valence-electron chi connectivity index (χ2n) is 7.98. The van der Waals surface area contributed by atoms with E-state index < -0.39 is 11.9 Å². The molecule has 0 radical (unpaired) electrons. The molecule has 0 saturated heterocycles. The fraction of sp³-hybridized carbons (Fsp3) is 0.115. The van der Waals surface area contributed by atoms with E-state index in [0.717, 1.165) is 22.0 Å². The number of hydrogen-bond acceptors (Lipinski definition) is 4. The first-order valence-corrected chi connectivity index (χ1v) is 10.7. The molecule has 8 heteroatoms. The van der Waals surface area contributed by atoms with Crippen LogP contribution in [0.1, 0.15) is 43.6 Å². The molecular weight excluding hydrogens is 430 g/mol. The smallest absolute Gasteiger partial charge is 0.268 e. The van der Waals surface area contributed by atoms with E-state index in [-0.39, 0.29) is 18.3 Å². The van der Waals surface area contributed by atoms with E-state index in [4.69, 9.17) is 16.9 Å². The van der Waals surface area contributed by atoms with E-state index in [1.54, 1.807) is 42.5 Å². The number of aliphatic hydroxyl groups is 1. The van der Waals surface area contributed by atoms with E-state index in [1.165, 1.54) is 0 Å². The maximum atomic E-state index is 13.4. The van der Waals surface area contributed by atoms with Gasteiger partial charge in [0.2, 0.25) is 5.91 Å². The van der Waals surface area contributed by atoms with Gasteiger partial charge in [-0.15, -0.1) is 0 Å². The van der Waals surface area contributed by atoms with Crippen LogP contribution in [0, 0.1) is 5.41 Å². The highest BCUT2D eigenvalue weighted by Gasteiger charge is 2.20. The Bertz CT molecular complexity index is 1360. The summed E-state index contributed by atoms with van der Waals surface area (Å²) in [6.07, 6.45) is 0. The lowest BCUT2D eigenvalue weighted by molar-refractivity contribution is 0.0907. The molecular formula is C26H25N5O3. The Hall–Kier alpha value is -4.43. The molecule has 0 aliphatic heterocycles. The van der Waals surface area contributed by atoms with Crippen molar-refractivity contribution in [3.8, 4) is 0 Å².